The molecule has 1 unspecified atom stereocenters. The number of likely N-dealkylation sites (tertiary alicyclic amines) is 1. The summed E-state index contributed by atoms with van der Waals surface area (Å²) < 4.78 is 0. The van der Waals surface area contributed by atoms with Crippen LogP contribution in [0.4, 0.5) is 0 Å². The Hall–Kier alpha value is -0.830. The predicted octanol–water partition coefficient (Wildman–Crippen LogP) is 2.89. The van der Waals surface area contributed by atoms with Gasteiger partial charge in [0.1, 0.15) is 5.82 Å². The maximum absolute atomic E-state index is 4.58. The van der Waals surface area contributed by atoms with Gasteiger partial charge in [-0.2, -0.15) is 0 Å². The molecule has 0 spiro atoms. The van der Waals surface area contributed by atoms with E-state index >= 15 is 0 Å². The fourth-order valence-electron chi connectivity index (χ4n) is 2.69. The number of aromatic amines is 1. The number of imidazole rings is 1. The molecule has 3 nitrogen and oxygen atoms in total. The Bertz CT molecular complexity index is 348. The SMILES string of the molecule is Cc1nc(CN2CCCC(C(C)C)C2)[nH]c1C. The zero-order chi connectivity index (χ0) is 12.4. The number of aryl methyl sites for hydroxylation is 2. The molecule has 3 heteroatoms. The van der Waals surface area contributed by atoms with E-state index in [2.05, 4.69) is 42.6 Å². The van der Waals surface area contributed by atoms with Gasteiger partial charge in [0, 0.05) is 12.2 Å². The summed E-state index contributed by atoms with van der Waals surface area (Å²) in [5.74, 6) is 2.79. The first-order chi connectivity index (χ1) is 8.06. The third-order valence-corrected chi connectivity index (χ3v) is 4.04. The molecule has 96 valence electrons. The molecule has 0 saturated carbocycles. The third-order valence-electron chi connectivity index (χ3n) is 4.04. The van der Waals surface area contributed by atoms with Crippen molar-refractivity contribution in [2.24, 2.45) is 11.8 Å². The maximum Gasteiger partial charge on any atom is 0.120 e. The van der Waals surface area contributed by atoms with Crippen molar-refractivity contribution in [3.05, 3.63) is 17.2 Å². The summed E-state index contributed by atoms with van der Waals surface area (Å²) >= 11 is 0. The lowest BCUT2D eigenvalue weighted by Crippen LogP contribution is -2.37. The van der Waals surface area contributed by atoms with Crippen LogP contribution in [0.25, 0.3) is 0 Å². The number of nitrogens with one attached hydrogen (secondary N) is 1. The summed E-state index contributed by atoms with van der Waals surface area (Å²) in [6, 6.07) is 0. The Morgan fingerprint density at radius 2 is 2.18 bits per heavy atom. The second kappa shape index (κ2) is 5.21. The maximum atomic E-state index is 4.58. The fourth-order valence-corrected chi connectivity index (χ4v) is 2.69. The first-order valence-electron chi connectivity index (χ1n) is 6.80. The van der Waals surface area contributed by atoms with Gasteiger partial charge in [-0.05, 0) is 45.1 Å². The van der Waals surface area contributed by atoms with E-state index in [9.17, 15) is 0 Å². The number of nitrogens with zero attached hydrogens (tertiary/aromatic N) is 2. The van der Waals surface area contributed by atoms with Crippen LogP contribution in [0, 0.1) is 25.7 Å². The molecule has 17 heavy (non-hydrogen) atoms. The minimum Gasteiger partial charge on any atom is -0.345 e. The molecule has 2 rings (SSSR count). The highest BCUT2D eigenvalue weighted by atomic mass is 15.2. The minimum absolute atomic E-state index is 0.804. The van der Waals surface area contributed by atoms with Crippen LogP contribution in [0.3, 0.4) is 0 Å². The van der Waals surface area contributed by atoms with Crippen molar-refractivity contribution in [2.75, 3.05) is 13.1 Å². The molecule has 1 aromatic heterocycles. The average Bonchev–Trinajstić information content (AvgIpc) is 2.58. The van der Waals surface area contributed by atoms with Gasteiger partial charge < -0.3 is 4.98 Å². The number of aromatic nitrogens is 2. The second-order valence-electron chi connectivity index (χ2n) is 5.78. The van der Waals surface area contributed by atoms with E-state index in [1.165, 1.54) is 31.6 Å². The average molecular weight is 235 g/mol. The van der Waals surface area contributed by atoms with Gasteiger partial charge in [0.25, 0.3) is 0 Å². The molecule has 0 amide bonds. The van der Waals surface area contributed by atoms with Crippen molar-refractivity contribution in [1.82, 2.24) is 14.9 Å². The van der Waals surface area contributed by atoms with Crippen molar-refractivity contribution in [3.8, 4) is 0 Å². The van der Waals surface area contributed by atoms with E-state index in [0.717, 1.165) is 29.9 Å². The summed E-state index contributed by atoms with van der Waals surface area (Å²) in [6.07, 6.45) is 2.73. The molecule has 0 aromatic carbocycles. The van der Waals surface area contributed by atoms with E-state index in [4.69, 9.17) is 0 Å². The molecule has 1 aliphatic heterocycles. The second-order valence-corrected chi connectivity index (χ2v) is 5.78. The van der Waals surface area contributed by atoms with Gasteiger partial charge in [-0.1, -0.05) is 13.8 Å². The molecule has 1 N–H and O–H groups in total. The Morgan fingerprint density at radius 1 is 1.41 bits per heavy atom. The Labute approximate surface area is 105 Å². The van der Waals surface area contributed by atoms with Crippen molar-refractivity contribution < 1.29 is 0 Å². The number of rotatable bonds is 3. The molecule has 1 aliphatic rings. The lowest BCUT2D eigenvalue weighted by atomic mass is 9.88. The molecule has 0 radical (unpaired) electrons. The van der Waals surface area contributed by atoms with Gasteiger partial charge >= 0.3 is 0 Å². The van der Waals surface area contributed by atoms with Crippen molar-refractivity contribution in [2.45, 2.75) is 47.1 Å². The smallest absolute Gasteiger partial charge is 0.120 e. The highest BCUT2D eigenvalue weighted by Crippen LogP contribution is 2.24. The summed E-state index contributed by atoms with van der Waals surface area (Å²) in [7, 11) is 0. The van der Waals surface area contributed by atoms with Crippen LogP contribution in [0.2, 0.25) is 0 Å². The van der Waals surface area contributed by atoms with Crippen LogP contribution in [-0.2, 0) is 6.54 Å². The largest absolute Gasteiger partial charge is 0.345 e. The molecule has 1 atom stereocenters. The van der Waals surface area contributed by atoms with Crippen LogP contribution in [0.1, 0.15) is 43.9 Å². The molecule has 1 fully saturated rings. The highest BCUT2D eigenvalue weighted by Gasteiger charge is 2.22. The molecular formula is C14H25N3. The number of hydrogen-bond acceptors (Lipinski definition) is 2. The van der Waals surface area contributed by atoms with Crippen LogP contribution in [-0.4, -0.2) is 28.0 Å². The topological polar surface area (TPSA) is 31.9 Å². The quantitative estimate of drug-likeness (QED) is 0.873. The molecular weight excluding hydrogens is 210 g/mol. The molecule has 1 saturated heterocycles. The zero-order valence-electron chi connectivity index (χ0n) is 11.6. The zero-order valence-corrected chi connectivity index (χ0v) is 11.6. The van der Waals surface area contributed by atoms with Crippen molar-refractivity contribution >= 4 is 0 Å². The van der Waals surface area contributed by atoms with Crippen LogP contribution >= 0.6 is 0 Å². The number of H-pyrrole nitrogens is 1. The van der Waals surface area contributed by atoms with E-state index in [1.807, 2.05) is 0 Å². The van der Waals surface area contributed by atoms with Gasteiger partial charge in [-0.25, -0.2) is 4.98 Å². The monoisotopic (exact) mass is 235 g/mol. The van der Waals surface area contributed by atoms with Crippen LogP contribution < -0.4 is 0 Å². The highest BCUT2D eigenvalue weighted by molar-refractivity contribution is 5.10. The molecule has 0 aliphatic carbocycles. The Balaban J connectivity index is 1.94. The molecule has 2 heterocycles. The van der Waals surface area contributed by atoms with E-state index in [-0.39, 0.29) is 0 Å². The molecule has 1 aromatic rings. The van der Waals surface area contributed by atoms with Gasteiger partial charge in [-0.15, -0.1) is 0 Å². The Morgan fingerprint density at radius 3 is 2.76 bits per heavy atom. The fraction of sp³-hybridized carbons (Fsp3) is 0.786. The van der Waals surface area contributed by atoms with Crippen LogP contribution in [0.5, 0.6) is 0 Å². The minimum atomic E-state index is 0.804. The lowest BCUT2D eigenvalue weighted by Gasteiger charge is -2.34. The Kier molecular flexibility index (Phi) is 3.87. The molecule has 0 bridgehead atoms. The standard InChI is InChI=1S/C14H25N3/c1-10(2)13-6-5-7-17(8-13)9-14-15-11(3)12(4)16-14/h10,13H,5-9H2,1-4H3,(H,15,16). The lowest BCUT2D eigenvalue weighted by molar-refractivity contribution is 0.137. The van der Waals surface area contributed by atoms with Crippen LogP contribution in [0.15, 0.2) is 0 Å². The summed E-state index contributed by atoms with van der Waals surface area (Å²) in [5.41, 5.74) is 2.34. The van der Waals surface area contributed by atoms with Crippen molar-refractivity contribution in [3.63, 3.8) is 0 Å². The number of piperidine rings is 1. The first kappa shape index (κ1) is 12.6. The summed E-state index contributed by atoms with van der Waals surface area (Å²) in [4.78, 5) is 10.5. The third kappa shape index (κ3) is 3.09. The van der Waals surface area contributed by atoms with Gasteiger partial charge in [-0.3, -0.25) is 4.90 Å². The van der Waals surface area contributed by atoms with Gasteiger partial charge in [0.2, 0.25) is 0 Å². The summed E-state index contributed by atoms with van der Waals surface area (Å²) in [5, 5.41) is 0. The van der Waals surface area contributed by atoms with E-state index in [0.29, 0.717) is 0 Å². The first-order valence-corrected chi connectivity index (χ1v) is 6.80. The summed E-state index contributed by atoms with van der Waals surface area (Å²) in [6.45, 7) is 12.3. The van der Waals surface area contributed by atoms with Gasteiger partial charge in [0.05, 0.1) is 12.2 Å². The van der Waals surface area contributed by atoms with E-state index < -0.39 is 0 Å². The predicted molar refractivity (Wildman–Crippen MR) is 70.9 cm³/mol. The van der Waals surface area contributed by atoms with Crippen molar-refractivity contribution in [1.29, 1.82) is 0 Å². The number of hydrogen-bond donors (Lipinski definition) is 1. The normalized spacial score (nSPS) is 22.3. The van der Waals surface area contributed by atoms with Gasteiger partial charge in [0.15, 0.2) is 0 Å². The van der Waals surface area contributed by atoms with E-state index in [1.54, 1.807) is 0 Å².